The van der Waals surface area contributed by atoms with Crippen LogP contribution in [0.1, 0.15) is 20.9 Å². The van der Waals surface area contributed by atoms with E-state index in [-0.39, 0.29) is 21.6 Å². The van der Waals surface area contributed by atoms with E-state index in [4.69, 9.17) is 51.4 Å². The highest BCUT2D eigenvalue weighted by molar-refractivity contribution is 7.80. The summed E-state index contributed by atoms with van der Waals surface area (Å²) in [6.07, 6.45) is 1.49. The lowest BCUT2D eigenvalue weighted by Crippen LogP contribution is -2.48. The lowest BCUT2D eigenvalue weighted by molar-refractivity contribution is 0.0714. The van der Waals surface area contributed by atoms with Crippen LogP contribution in [0.25, 0.3) is 0 Å². The Balaban J connectivity index is 1.33. The first-order valence-corrected chi connectivity index (χ1v) is 11.8. The highest BCUT2D eigenvalue weighted by Gasteiger charge is 2.24. The fourth-order valence-electron chi connectivity index (χ4n) is 3.55. The summed E-state index contributed by atoms with van der Waals surface area (Å²) in [7, 11) is 0. The number of piperazine rings is 1. The second-order valence-corrected chi connectivity index (χ2v) is 9.11. The van der Waals surface area contributed by atoms with Gasteiger partial charge in [-0.15, -0.1) is 0 Å². The molecule has 0 aliphatic carbocycles. The van der Waals surface area contributed by atoms with E-state index in [2.05, 4.69) is 15.5 Å². The first kappa shape index (κ1) is 24.3. The number of rotatable bonds is 4. The highest BCUT2D eigenvalue weighted by Crippen LogP contribution is 2.30. The highest BCUT2D eigenvalue weighted by atomic mass is 35.5. The monoisotopic (exact) mass is 536 g/mol. The van der Waals surface area contributed by atoms with E-state index in [0.29, 0.717) is 47.7 Å². The van der Waals surface area contributed by atoms with Crippen LogP contribution in [0, 0.1) is 0 Å². The van der Waals surface area contributed by atoms with Crippen LogP contribution in [-0.4, -0.2) is 48.0 Å². The van der Waals surface area contributed by atoms with E-state index >= 15 is 0 Å². The Labute approximate surface area is 216 Å². The van der Waals surface area contributed by atoms with E-state index < -0.39 is 5.91 Å². The molecular formula is C23H19Cl3N4O3S. The summed E-state index contributed by atoms with van der Waals surface area (Å²) >= 11 is 23.7. The van der Waals surface area contributed by atoms with Gasteiger partial charge < -0.3 is 19.5 Å². The van der Waals surface area contributed by atoms with Crippen LogP contribution in [0.4, 0.5) is 11.4 Å². The predicted octanol–water partition coefficient (Wildman–Crippen LogP) is 5.33. The van der Waals surface area contributed by atoms with Crippen LogP contribution in [0.3, 0.4) is 0 Å². The number of furan rings is 1. The third-order valence-corrected chi connectivity index (χ3v) is 6.30. The average molecular weight is 538 g/mol. The number of carbonyl (C=O) groups is 2. The second kappa shape index (κ2) is 10.7. The maximum atomic E-state index is 12.4. The molecule has 7 nitrogen and oxygen atoms in total. The van der Waals surface area contributed by atoms with Gasteiger partial charge in [0.05, 0.1) is 27.6 Å². The van der Waals surface area contributed by atoms with Crippen molar-refractivity contribution in [2.75, 3.05) is 36.4 Å². The second-order valence-electron chi connectivity index (χ2n) is 7.46. The average Bonchev–Trinajstić information content (AvgIpc) is 3.34. The SMILES string of the molecule is O=C(NC(=S)Nc1ccc(N2CCN(C(=O)c3ccco3)CC2)c(Cl)c1)c1ccc(Cl)cc1Cl. The van der Waals surface area contributed by atoms with Crippen LogP contribution in [0.2, 0.25) is 15.1 Å². The minimum absolute atomic E-state index is 0.102. The Morgan fingerprint density at radius 1 is 0.941 bits per heavy atom. The molecule has 1 fully saturated rings. The van der Waals surface area contributed by atoms with Crippen LogP contribution in [0.5, 0.6) is 0 Å². The van der Waals surface area contributed by atoms with Gasteiger partial charge in [0.25, 0.3) is 11.8 Å². The number of hydrogen-bond donors (Lipinski definition) is 2. The molecule has 2 N–H and O–H groups in total. The zero-order chi connectivity index (χ0) is 24.2. The maximum Gasteiger partial charge on any atom is 0.289 e. The Bertz CT molecular complexity index is 1230. The Morgan fingerprint density at radius 2 is 1.71 bits per heavy atom. The van der Waals surface area contributed by atoms with Crippen LogP contribution in [0.15, 0.2) is 59.2 Å². The molecule has 0 saturated carbocycles. The summed E-state index contributed by atoms with van der Waals surface area (Å²) in [6.45, 7) is 2.38. The largest absolute Gasteiger partial charge is 0.459 e. The van der Waals surface area contributed by atoms with E-state index in [1.54, 1.807) is 29.2 Å². The van der Waals surface area contributed by atoms with Gasteiger partial charge in [0.15, 0.2) is 10.9 Å². The Hall–Kier alpha value is -2.78. The van der Waals surface area contributed by atoms with Gasteiger partial charge in [0.2, 0.25) is 0 Å². The number of hydrogen-bond acceptors (Lipinski definition) is 5. The topological polar surface area (TPSA) is 77.8 Å². The number of thiocarbonyl (C=S) groups is 1. The fourth-order valence-corrected chi connectivity index (χ4v) is 4.56. The molecular weight excluding hydrogens is 519 g/mol. The lowest BCUT2D eigenvalue weighted by Gasteiger charge is -2.36. The summed E-state index contributed by atoms with van der Waals surface area (Å²) in [5.41, 5.74) is 1.72. The Morgan fingerprint density at radius 3 is 2.35 bits per heavy atom. The van der Waals surface area contributed by atoms with Gasteiger partial charge >= 0.3 is 0 Å². The van der Waals surface area contributed by atoms with Gasteiger partial charge in [0, 0.05) is 36.9 Å². The zero-order valence-corrected chi connectivity index (χ0v) is 20.8. The molecule has 1 aromatic heterocycles. The zero-order valence-electron chi connectivity index (χ0n) is 17.7. The number of nitrogens with zero attached hydrogens (tertiary/aromatic N) is 2. The van der Waals surface area contributed by atoms with Crippen molar-refractivity contribution < 1.29 is 14.0 Å². The number of halogens is 3. The van der Waals surface area contributed by atoms with Crippen LogP contribution in [-0.2, 0) is 0 Å². The normalized spacial score (nSPS) is 13.5. The van der Waals surface area contributed by atoms with Crippen molar-refractivity contribution in [3.8, 4) is 0 Å². The first-order chi connectivity index (χ1) is 16.3. The quantitative estimate of drug-likeness (QED) is 0.438. The van der Waals surface area contributed by atoms with Gasteiger partial charge in [0.1, 0.15) is 0 Å². The maximum absolute atomic E-state index is 12.4. The number of amides is 2. The summed E-state index contributed by atoms with van der Waals surface area (Å²) in [5, 5.41) is 6.81. The predicted molar refractivity (Wildman–Crippen MR) is 138 cm³/mol. The molecule has 11 heteroatoms. The van der Waals surface area contributed by atoms with E-state index in [9.17, 15) is 9.59 Å². The number of benzene rings is 2. The molecule has 2 amide bonds. The van der Waals surface area contributed by atoms with Crippen molar-refractivity contribution in [1.82, 2.24) is 10.2 Å². The molecule has 0 radical (unpaired) electrons. The minimum Gasteiger partial charge on any atom is -0.459 e. The lowest BCUT2D eigenvalue weighted by atomic mass is 10.2. The standard InChI is InChI=1S/C23H19Cl3N4O3S/c24-14-3-5-16(17(25)12-14)21(31)28-23(34)27-15-4-6-19(18(26)13-15)29-7-9-30(10-8-29)22(32)20-2-1-11-33-20/h1-6,11-13H,7-10H2,(H2,27,28,31,34). The van der Waals surface area contributed by atoms with Crippen molar-refractivity contribution in [2.24, 2.45) is 0 Å². The Kier molecular flexibility index (Phi) is 7.63. The molecule has 0 spiro atoms. The minimum atomic E-state index is -0.455. The third-order valence-electron chi connectivity index (χ3n) is 5.25. The van der Waals surface area contributed by atoms with Crippen LogP contribution >= 0.6 is 47.0 Å². The fraction of sp³-hybridized carbons (Fsp3) is 0.174. The summed E-state index contributed by atoms with van der Waals surface area (Å²) < 4.78 is 5.20. The van der Waals surface area contributed by atoms with Crippen molar-refractivity contribution >= 4 is 75.3 Å². The van der Waals surface area contributed by atoms with E-state index in [1.165, 1.54) is 18.4 Å². The first-order valence-electron chi connectivity index (χ1n) is 10.3. The van der Waals surface area contributed by atoms with Gasteiger partial charge in [-0.3, -0.25) is 14.9 Å². The van der Waals surface area contributed by atoms with Crippen molar-refractivity contribution in [3.05, 3.63) is 81.2 Å². The molecule has 2 aromatic carbocycles. The van der Waals surface area contributed by atoms with Crippen molar-refractivity contribution in [1.29, 1.82) is 0 Å². The van der Waals surface area contributed by atoms with Crippen molar-refractivity contribution in [3.63, 3.8) is 0 Å². The number of nitrogens with one attached hydrogen (secondary N) is 2. The molecule has 0 atom stereocenters. The van der Waals surface area contributed by atoms with Crippen LogP contribution < -0.4 is 15.5 Å². The smallest absolute Gasteiger partial charge is 0.289 e. The molecule has 34 heavy (non-hydrogen) atoms. The summed E-state index contributed by atoms with van der Waals surface area (Å²) in [4.78, 5) is 28.7. The molecule has 2 heterocycles. The van der Waals surface area contributed by atoms with Crippen molar-refractivity contribution in [2.45, 2.75) is 0 Å². The molecule has 3 aromatic rings. The van der Waals surface area contributed by atoms with E-state index in [0.717, 1.165) is 5.69 Å². The molecule has 0 bridgehead atoms. The van der Waals surface area contributed by atoms with Gasteiger partial charge in [-0.2, -0.15) is 0 Å². The third kappa shape index (κ3) is 5.64. The molecule has 1 saturated heterocycles. The summed E-state index contributed by atoms with van der Waals surface area (Å²) in [6, 6.07) is 13.4. The molecule has 1 aliphatic heterocycles. The van der Waals surface area contributed by atoms with Gasteiger partial charge in [-0.05, 0) is 60.7 Å². The molecule has 4 rings (SSSR count). The molecule has 0 unspecified atom stereocenters. The van der Waals surface area contributed by atoms with E-state index in [1.807, 2.05) is 12.1 Å². The summed E-state index contributed by atoms with van der Waals surface area (Å²) in [5.74, 6) is -0.238. The molecule has 176 valence electrons. The number of anilines is 2. The molecule has 1 aliphatic rings. The number of carbonyl (C=O) groups excluding carboxylic acids is 2. The van der Waals surface area contributed by atoms with Gasteiger partial charge in [-0.1, -0.05) is 34.8 Å². The van der Waals surface area contributed by atoms with Gasteiger partial charge in [-0.25, -0.2) is 0 Å².